The van der Waals surface area contributed by atoms with Crippen molar-refractivity contribution in [3.63, 3.8) is 0 Å². The third-order valence-electron chi connectivity index (χ3n) is 11.1. The molecule has 1 fully saturated rings. The first-order valence-corrected chi connectivity index (χ1v) is 18.6. The van der Waals surface area contributed by atoms with E-state index < -0.39 is 0 Å². The fourth-order valence-electron chi connectivity index (χ4n) is 8.58. The van der Waals surface area contributed by atoms with E-state index in [2.05, 4.69) is 203 Å². The molecule has 54 heavy (non-hydrogen) atoms. The Morgan fingerprint density at radius 3 is 1.74 bits per heavy atom. The average molecular weight is 697 g/mol. The van der Waals surface area contributed by atoms with Gasteiger partial charge in [-0.1, -0.05) is 158 Å². The smallest absolute Gasteiger partial charge is 0.159 e. The van der Waals surface area contributed by atoms with Gasteiger partial charge in [-0.3, -0.25) is 16.0 Å². The number of benzene rings is 8. The Bertz CT molecular complexity index is 2940. The van der Waals surface area contributed by atoms with E-state index in [1.807, 2.05) is 0 Å². The molecule has 2 unspecified atom stereocenters. The topological polar surface area (TPSA) is 54.2 Å². The van der Waals surface area contributed by atoms with Gasteiger partial charge in [0.05, 0.1) is 35.2 Å². The Kier molecular flexibility index (Phi) is 7.23. The predicted octanol–water partition coefficient (Wildman–Crippen LogP) is 11.7. The van der Waals surface area contributed by atoms with Crippen molar-refractivity contribution in [1.29, 1.82) is 0 Å². The maximum absolute atomic E-state index is 7.20. The van der Waals surface area contributed by atoms with E-state index in [1.54, 1.807) is 0 Å². The number of hydrogen-bond acceptors (Lipinski definition) is 4. The molecule has 0 amide bonds. The van der Waals surface area contributed by atoms with Crippen molar-refractivity contribution in [2.75, 3.05) is 0 Å². The van der Waals surface area contributed by atoms with Crippen LogP contribution in [0.5, 0.6) is 0 Å². The minimum Gasteiger partial charge on any atom is -0.453 e. The molecule has 0 bridgehead atoms. The van der Waals surface area contributed by atoms with Crippen molar-refractivity contribution in [1.82, 2.24) is 20.5 Å². The number of furan rings is 1. The Morgan fingerprint density at radius 1 is 0.407 bits per heavy atom. The van der Waals surface area contributed by atoms with Gasteiger partial charge >= 0.3 is 0 Å². The summed E-state index contributed by atoms with van der Waals surface area (Å²) in [6, 6.07) is 64.9. The van der Waals surface area contributed by atoms with Gasteiger partial charge in [0.15, 0.2) is 5.58 Å². The van der Waals surface area contributed by atoms with Crippen LogP contribution in [0.3, 0.4) is 0 Å². The lowest BCUT2D eigenvalue weighted by Gasteiger charge is -2.40. The van der Waals surface area contributed by atoms with Crippen LogP contribution in [0.1, 0.15) is 35.2 Å². The van der Waals surface area contributed by atoms with Crippen molar-refractivity contribution in [3.8, 4) is 16.8 Å². The van der Waals surface area contributed by atoms with Gasteiger partial charge in [0.2, 0.25) is 0 Å². The molecule has 258 valence electrons. The van der Waals surface area contributed by atoms with Gasteiger partial charge in [-0.25, -0.2) is 0 Å². The molecule has 8 aromatic carbocycles. The number of fused-ring (bicyclic) bond motifs is 8. The lowest BCUT2D eigenvalue weighted by Crippen LogP contribution is -2.54. The molecule has 0 aliphatic carbocycles. The van der Waals surface area contributed by atoms with E-state index in [9.17, 15) is 0 Å². The number of aromatic nitrogens is 1. The standard InChI is InChI=1S/C49H36N4O/c1-4-14-31(15-5-1)35-25-26-38-37-22-12-13-23-41(37)53(43(38)30-35)42-29-28-40(44-39-27-24-32-16-10-11-21-36(32)45(39)54-46(42)44)49-51-47(33-17-6-2-7-18-33)50-48(52-49)34-19-8-3-9-20-34/h1-30,47-52H. The van der Waals surface area contributed by atoms with Gasteiger partial charge in [-0.15, -0.1) is 0 Å². The highest BCUT2D eigenvalue weighted by Crippen LogP contribution is 2.44. The second-order valence-electron chi connectivity index (χ2n) is 14.2. The van der Waals surface area contributed by atoms with Crippen LogP contribution in [-0.2, 0) is 0 Å². The van der Waals surface area contributed by atoms with Crippen LogP contribution < -0.4 is 16.0 Å². The molecule has 2 aromatic heterocycles. The molecule has 2 atom stereocenters. The van der Waals surface area contributed by atoms with Crippen LogP contribution in [0.4, 0.5) is 0 Å². The van der Waals surface area contributed by atoms with Crippen LogP contribution in [0, 0.1) is 0 Å². The summed E-state index contributed by atoms with van der Waals surface area (Å²) in [5.74, 6) is 0. The summed E-state index contributed by atoms with van der Waals surface area (Å²) in [5, 5.41) is 18.6. The fourth-order valence-corrected chi connectivity index (χ4v) is 8.58. The number of nitrogens with one attached hydrogen (secondary N) is 3. The van der Waals surface area contributed by atoms with Gasteiger partial charge in [0.1, 0.15) is 5.58 Å². The molecule has 5 heteroatoms. The molecule has 1 saturated heterocycles. The van der Waals surface area contributed by atoms with Crippen molar-refractivity contribution >= 4 is 54.5 Å². The Hall–Kier alpha value is -6.50. The molecule has 5 nitrogen and oxygen atoms in total. The monoisotopic (exact) mass is 696 g/mol. The number of para-hydroxylation sites is 1. The van der Waals surface area contributed by atoms with Gasteiger partial charge in [-0.2, -0.15) is 0 Å². The molecular formula is C49H36N4O. The van der Waals surface area contributed by atoms with E-state index in [1.165, 1.54) is 33.0 Å². The van der Waals surface area contributed by atoms with Gasteiger partial charge in [0, 0.05) is 26.9 Å². The minimum atomic E-state index is -0.201. The summed E-state index contributed by atoms with van der Waals surface area (Å²) >= 11 is 0. The van der Waals surface area contributed by atoms with Gasteiger partial charge in [-0.05, 0) is 57.5 Å². The van der Waals surface area contributed by atoms with Crippen molar-refractivity contribution in [3.05, 3.63) is 199 Å². The van der Waals surface area contributed by atoms with Crippen molar-refractivity contribution in [2.45, 2.75) is 18.5 Å². The maximum Gasteiger partial charge on any atom is 0.159 e. The first kappa shape index (κ1) is 31.1. The summed E-state index contributed by atoms with van der Waals surface area (Å²) < 4.78 is 9.60. The van der Waals surface area contributed by atoms with Gasteiger partial charge in [0.25, 0.3) is 0 Å². The SMILES string of the molecule is c1ccc(-c2ccc3c4ccccc4n(-c4ccc(C5NC(c6ccccc6)NC(c6ccccc6)N5)c5c4oc4c6ccccc6ccc45)c3c2)cc1. The zero-order valence-electron chi connectivity index (χ0n) is 29.4. The third kappa shape index (κ3) is 4.98. The first-order valence-electron chi connectivity index (χ1n) is 18.6. The molecule has 0 spiro atoms. The summed E-state index contributed by atoms with van der Waals surface area (Å²) in [5.41, 5.74) is 10.9. The Balaban J connectivity index is 1.18. The van der Waals surface area contributed by atoms with E-state index >= 15 is 0 Å². The highest BCUT2D eigenvalue weighted by atomic mass is 16.3. The number of nitrogens with zero attached hydrogens (tertiary/aromatic N) is 1. The third-order valence-corrected chi connectivity index (χ3v) is 11.1. The lowest BCUT2D eigenvalue weighted by molar-refractivity contribution is 0.204. The summed E-state index contributed by atoms with van der Waals surface area (Å²) in [6.07, 6.45) is -0.386. The highest BCUT2D eigenvalue weighted by Gasteiger charge is 2.32. The Morgan fingerprint density at radius 2 is 1.00 bits per heavy atom. The zero-order valence-corrected chi connectivity index (χ0v) is 29.4. The van der Waals surface area contributed by atoms with Crippen molar-refractivity contribution in [2.24, 2.45) is 0 Å². The van der Waals surface area contributed by atoms with E-state index in [-0.39, 0.29) is 18.5 Å². The molecule has 0 saturated carbocycles. The fraction of sp³-hybridized carbons (Fsp3) is 0.0612. The second kappa shape index (κ2) is 12.6. The van der Waals surface area contributed by atoms with Gasteiger partial charge < -0.3 is 8.98 Å². The molecular weight excluding hydrogens is 661 g/mol. The van der Waals surface area contributed by atoms with Crippen LogP contribution in [0.15, 0.2) is 186 Å². The Labute approximate surface area is 312 Å². The van der Waals surface area contributed by atoms with Crippen LogP contribution in [0.25, 0.3) is 71.3 Å². The van der Waals surface area contributed by atoms with Crippen LogP contribution >= 0.6 is 0 Å². The molecule has 1 aliphatic rings. The first-order chi connectivity index (χ1) is 26.8. The zero-order chi connectivity index (χ0) is 35.6. The van der Waals surface area contributed by atoms with E-state index in [0.717, 1.165) is 55.0 Å². The molecule has 11 rings (SSSR count). The highest BCUT2D eigenvalue weighted by molar-refractivity contribution is 6.18. The summed E-state index contributed by atoms with van der Waals surface area (Å²) in [6.45, 7) is 0. The molecule has 1 aliphatic heterocycles. The summed E-state index contributed by atoms with van der Waals surface area (Å²) in [4.78, 5) is 0. The molecule has 3 heterocycles. The van der Waals surface area contributed by atoms with E-state index in [4.69, 9.17) is 4.42 Å². The number of hydrogen-bond donors (Lipinski definition) is 3. The average Bonchev–Trinajstić information content (AvgIpc) is 3.81. The van der Waals surface area contributed by atoms with Crippen LogP contribution in [0.2, 0.25) is 0 Å². The molecule has 0 radical (unpaired) electrons. The lowest BCUT2D eigenvalue weighted by atomic mass is 9.98. The minimum absolute atomic E-state index is 0.0925. The normalized spacial score (nSPS) is 17.6. The second-order valence-corrected chi connectivity index (χ2v) is 14.2. The summed E-state index contributed by atoms with van der Waals surface area (Å²) in [7, 11) is 0. The van der Waals surface area contributed by atoms with Crippen LogP contribution in [-0.4, -0.2) is 4.57 Å². The van der Waals surface area contributed by atoms with E-state index in [0.29, 0.717) is 0 Å². The largest absolute Gasteiger partial charge is 0.453 e. The molecule has 10 aromatic rings. The quantitative estimate of drug-likeness (QED) is 0.168. The number of rotatable bonds is 5. The molecule has 3 N–H and O–H groups in total. The predicted molar refractivity (Wildman–Crippen MR) is 222 cm³/mol. The van der Waals surface area contributed by atoms with Crippen molar-refractivity contribution < 1.29 is 4.42 Å². The maximum atomic E-state index is 7.20.